The average molecular weight is 433 g/mol. The third-order valence-electron chi connectivity index (χ3n) is 5.01. The van der Waals surface area contributed by atoms with Crippen LogP contribution in [0.1, 0.15) is 30.7 Å². The van der Waals surface area contributed by atoms with Crippen LogP contribution in [0.15, 0.2) is 36.4 Å². The van der Waals surface area contributed by atoms with Gasteiger partial charge in [-0.1, -0.05) is 35.7 Å². The standard InChI is InChI=1S/C21H19Cl2FN4O/c22-15-5-4-6-16(23)14(15)12-20(29)25-18-11-13(8-9-17(18)24)21-27-26-19-7-2-1-3-10-28(19)21/h4-6,8-9,11H,1-3,7,10,12H2,(H,25,29). The topological polar surface area (TPSA) is 59.8 Å². The molecule has 2 heterocycles. The third-order valence-corrected chi connectivity index (χ3v) is 5.72. The van der Waals surface area contributed by atoms with Crippen LogP contribution in [-0.2, 0) is 24.2 Å². The van der Waals surface area contributed by atoms with Crippen LogP contribution in [0.4, 0.5) is 10.1 Å². The molecule has 29 heavy (non-hydrogen) atoms. The monoisotopic (exact) mass is 432 g/mol. The third kappa shape index (κ3) is 4.28. The average Bonchev–Trinajstić information content (AvgIpc) is 2.95. The fourth-order valence-corrected chi connectivity index (χ4v) is 4.05. The van der Waals surface area contributed by atoms with Crippen molar-refractivity contribution < 1.29 is 9.18 Å². The van der Waals surface area contributed by atoms with Gasteiger partial charge < -0.3 is 9.88 Å². The molecule has 150 valence electrons. The molecule has 3 aromatic rings. The second-order valence-corrected chi connectivity index (χ2v) is 7.84. The Balaban J connectivity index is 1.58. The lowest BCUT2D eigenvalue weighted by molar-refractivity contribution is -0.115. The maximum Gasteiger partial charge on any atom is 0.228 e. The number of hydrogen-bond donors (Lipinski definition) is 1. The lowest BCUT2D eigenvalue weighted by atomic mass is 10.1. The van der Waals surface area contributed by atoms with Gasteiger partial charge in [0, 0.05) is 28.6 Å². The molecule has 0 fully saturated rings. The van der Waals surface area contributed by atoms with Gasteiger partial charge in [-0.15, -0.1) is 10.2 Å². The summed E-state index contributed by atoms with van der Waals surface area (Å²) in [4.78, 5) is 12.5. The minimum Gasteiger partial charge on any atom is -0.323 e. The van der Waals surface area contributed by atoms with Gasteiger partial charge in [-0.3, -0.25) is 4.79 Å². The quantitative estimate of drug-likeness (QED) is 0.608. The Kier molecular flexibility index (Phi) is 5.83. The maximum absolute atomic E-state index is 14.4. The number of amides is 1. The summed E-state index contributed by atoms with van der Waals surface area (Å²) in [7, 11) is 0. The number of carbonyl (C=O) groups excluding carboxylic acids is 1. The van der Waals surface area contributed by atoms with Gasteiger partial charge in [0.15, 0.2) is 5.82 Å². The van der Waals surface area contributed by atoms with Crippen molar-refractivity contribution in [3.63, 3.8) is 0 Å². The SMILES string of the molecule is O=C(Cc1c(Cl)cccc1Cl)Nc1cc(-c2nnc3n2CCCCC3)ccc1F. The predicted molar refractivity (Wildman–Crippen MR) is 112 cm³/mol. The number of hydrogen-bond acceptors (Lipinski definition) is 3. The van der Waals surface area contributed by atoms with Crippen molar-refractivity contribution >= 4 is 34.8 Å². The summed E-state index contributed by atoms with van der Waals surface area (Å²) in [6, 6.07) is 9.59. The minimum absolute atomic E-state index is 0.0531. The molecule has 0 saturated heterocycles. The van der Waals surface area contributed by atoms with Crippen molar-refractivity contribution in [2.75, 3.05) is 5.32 Å². The molecular formula is C21H19Cl2FN4O. The summed E-state index contributed by atoms with van der Waals surface area (Å²) in [6.07, 6.45) is 4.13. The van der Waals surface area contributed by atoms with Crippen LogP contribution in [0, 0.1) is 5.82 Å². The van der Waals surface area contributed by atoms with E-state index in [1.165, 1.54) is 6.07 Å². The van der Waals surface area contributed by atoms with Crippen LogP contribution < -0.4 is 5.32 Å². The molecule has 0 radical (unpaired) electrons. The van der Waals surface area contributed by atoms with Crippen molar-refractivity contribution in [1.29, 1.82) is 0 Å². The Morgan fingerprint density at radius 1 is 1.10 bits per heavy atom. The fourth-order valence-electron chi connectivity index (χ4n) is 3.51. The molecule has 0 bridgehead atoms. The van der Waals surface area contributed by atoms with E-state index < -0.39 is 11.7 Å². The molecule has 1 amide bonds. The molecule has 0 atom stereocenters. The highest BCUT2D eigenvalue weighted by molar-refractivity contribution is 6.36. The predicted octanol–water partition coefficient (Wildman–Crippen LogP) is 5.30. The molecule has 1 aliphatic heterocycles. The van der Waals surface area contributed by atoms with Gasteiger partial charge in [0.2, 0.25) is 5.91 Å². The number of carbonyl (C=O) groups is 1. The van der Waals surface area contributed by atoms with Crippen LogP contribution in [0.5, 0.6) is 0 Å². The molecular weight excluding hydrogens is 414 g/mol. The first-order valence-electron chi connectivity index (χ1n) is 9.47. The first-order chi connectivity index (χ1) is 14.0. The van der Waals surface area contributed by atoms with Crippen LogP contribution in [-0.4, -0.2) is 20.7 Å². The molecule has 0 spiro atoms. The first-order valence-corrected chi connectivity index (χ1v) is 10.2. The van der Waals surface area contributed by atoms with Gasteiger partial charge in [0.05, 0.1) is 12.1 Å². The summed E-state index contributed by atoms with van der Waals surface area (Å²) < 4.78 is 16.4. The van der Waals surface area contributed by atoms with E-state index in [9.17, 15) is 9.18 Å². The second-order valence-electron chi connectivity index (χ2n) is 7.02. The lowest BCUT2D eigenvalue weighted by Crippen LogP contribution is -2.16. The minimum atomic E-state index is -0.525. The molecule has 5 nitrogen and oxygen atoms in total. The number of halogens is 3. The molecule has 8 heteroatoms. The van der Waals surface area contributed by atoms with E-state index in [-0.39, 0.29) is 12.1 Å². The van der Waals surface area contributed by atoms with E-state index in [0.717, 1.165) is 38.1 Å². The van der Waals surface area contributed by atoms with E-state index in [0.29, 0.717) is 27.0 Å². The number of aryl methyl sites for hydroxylation is 1. The first kappa shape index (κ1) is 19.9. The van der Waals surface area contributed by atoms with Gasteiger partial charge in [-0.2, -0.15) is 0 Å². The highest BCUT2D eigenvalue weighted by Gasteiger charge is 2.18. The Labute approximate surface area is 177 Å². The van der Waals surface area contributed by atoms with Crippen LogP contribution >= 0.6 is 23.2 Å². The molecule has 0 unspecified atom stereocenters. The van der Waals surface area contributed by atoms with E-state index in [1.54, 1.807) is 30.3 Å². The maximum atomic E-state index is 14.4. The van der Waals surface area contributed by atoms with Crippen molar-refractivity contribution in [3.05, 3.63) is 63.6 Å². The van der Waals surface area contributed by atoms with Crippen molar-refractivity contribution in [3.8, 4) is 11.4 Å². The zero-order valence-corrected chi connectivity index (χ0v) is 17.1. The van der Waals surface area contributed by atoms with Crippen LogP contribution in [0.3, 0.4) is 0 Å². The van der Waals surface area contributed by atoms with E-state index in [4.69, 9.17) is 23.2 Å². The lowest BCUT2D eigenvalue weighted by Gasteiger charge is -2.11. The number of nitrogens with zero attached hydrogens (tertiary/aromatic N) is 3. The number of aromatic nitrogens is 3. The van der Waals surface area contributed by atoms with Crippen molar-refractivity contribution in [1.82, 2.24) is 14.8 Å². The Morgan fingerprint density at radius 2 is 1.90 bits per heavy atom. The molecule has 4 rings (SSSR count). The Bertz CT molecular complexity index is 1050. The summed E-state index contributed by atoms with van der Waals surface area (Å²) >= 11 is 12.2. The number of benzene rings is 2. The normalized spacial score (nSPS) is 13.6. The van der Waals surface area contributed by atoms with E-state index in [2.05, 4.69) is 20.1 Å². The molecule has 2 aromatic carbocycles. The summed E-state index contributed by atoms with van der Waals surface area (Å²) in [6.45, 7) is 0.835. The number of nitrogens with one attached hydrogen (secondary N) is 1. The number of fused-ring (bicyclic) bond motifs is 1. The molecule has 1 aliphatic rings. The highest BCUT2D eigenvalue weighted by atomic mass is 35.5. The van der Waals surface area contributed by atoms with Gasteiger partial charge in [0.1, 0.15) is 11.6 Å². The Hall–Kier alpha value is -2.44. The van der Waals surface area contributed by atoms with Gasteiger partial charge in [-0.05, 0) is 48.7 Å². The zero-order valence-electron chi connectivity index (χ0n) is 15.6. The molecule has 0 aliphatic carbocycles. The van der Waals surface area contributed by atoms with E-state index >= 15 is 0 Å². The Morgan fingerprint density at radius 3 is 2.69 bits per heavy atom. The summed E-state index contributed by atoms with van der Waals surface area (Å²) in [5, 5.41) is 12.0. The molecule has 1 aromatic heterocycles. The van der Waals surface area contributed by atoms with Crippen molar-refractivity contribution in [2.45, 2.75) is 38.6 Å². The van der Waals surface area contributed by atoms with E-state index in [1.807, 2.05) is 0 Å². The fraction of sp³-hybridized carbons (Fsp3) is 0.286. The van der Waals surface area contributed by atoms with Crippen LogP contribution in [0.25, 0.3) is 11.4 Å². The molecule has 0 saturated carbocycles. The summed E-state index contributed by atoms with van der Waals surface area (Å²) in [5.74, 6) is 0.700. The second kappa shape index (κ2) is 8.51. The number of anilines is 1. The highest BCUT2D eigenvalue weighted by Crippen LogP contribution is 2.28. The van der Waals surface area contributed by atoms with Gasteiger partial charge in [0.25, 0.3) is 0 Å². The largest absolute Gasteiger partial charge is 0.323 e. The zero-order chi connectivity index (χ0) is 20.4. The van der Waals surface area contributed by atoms with Gasteiger partial charge >= 0.3 is 0 Å². The summed E-state index contributed by atoms with van der Waals surface area (Å²) in [5.41, 5.74) is 1.30. The van der Waals surface area contributed by atoms with Crippen LogP contribution in [0.2, 0.25) is 10.0 Å². The van der Waals surface area contributed by atoms with Gasteiger partial charge in [-0.25, -0.2) is 4.39 Å². The number of rotatable bonds is 4. The van der Waals surface area contributed by atoms with Crippen molar-refractivity contribution in [2.24, 2.45) is 0 Å². The smallest absolute Gasteiger partial charge is 0.228 e. The molecule has 1 N–H and O–H groups in total.